The van der Waals surface area contributed by atoms with Crippen LogP contribution in [0.15, 0.2) is 35.3 Å². The van der Waals surface area contributed by atoms with Gasteiger partial charge in [0.05, 0.1) is 4.92 Å². The molecule has 0 aliphatic carbocycles. The van der Waals surface area contributed by atoms with Gasteiger partial charge in [-0.15, -0.1) is 0 Å². The van der Waals surface area contributed by atoms with E-state index in [0.29, 0.717) is 5.75 Å². The highest BCUT2D eigenvalue weighted by molar-refractivity contribution is 5.44. The predicted octanol–water partition coefficient (Wildman–Crippen LogP) is 4.56. The van der Waals surface area contributed by atoms with Crippen LogP contribution in [-0.2, 0) is 0 Å². The molecule has 0 radical (unpaired) electrons. The lowest BCUT2D eigenvalue weighted by Crippen LogP contribution is -2.50. The minimum Gasteiger partial charge on any atom is -0.459 e. The Morgan fingerprint density at radius 3 is 2.19 bits per heavy atom. The molecule has 6 nitrogen and oxygen atoms in total. The second-order valence-electron chi connectivity index (χ2n) is 7.16. The molecule has 0 saturated heterocycles. The third kappa shape index (κ3) is 4.10. The summed E-state index contributed by atoms with van der Waals surface area (Å²) in [4.78, 5) is 13.5. The smallest absolute Gasteiger partial charge is 0.330 e. The number of aryl methyl sites for hydroxylation is 3. The summed E-state index contributed by atoms with van der Waals surface area (Å²) in [6.07, 6.45) is 3.35. The van der Waals surface area contributed by atoms with Gasteiger partial charge >= 0.3 is 5.70 Å². The molecule has 148 valence electrons. The fraction of sp³-hybridized carbons (Fsp3) is 0.524. The Morgan fingerprint density at radius 2 is 1.74 bits per heavy atom. The second-order valence-corrected chi connectivity index (χ2v) is 7.16. The molecule has 1 heterocycles. The number of nitrogens with two attached hydrogens (primary N) is 1. The van der Waals surface area contributed by atoms with E-state index >= 15 is 0 Å². The number of benzene rings is 1. The van der Waals surface area contributed by atoms with Crippen molar-refractivity contribution in [3.05, 3.63) is 62.1 Å². The zero-order valence-electron chi connectivity index (χ0n) is 17.2. The highest BCUT2D eigenvalue weighted by Crippen LogP contribution is 2.35. The van der Waals surface area contributed by atoms with E-state index < -0.39 is 11.2 Å². The van der Waals surface area contributed by atoms with Crippen LogP contribution in [0.1, 0.15) is 56.7 Å². The zero-order valence-corrected chi connectivity index (χ0v) is 17.2. The average Bonchev–Trinajstić information content (AvgIpc) is 2.59. The van der Waals surface area contributed by atoms with Crippen LogP contribution >= 0.6 is 0 Å². The van der Waals surface area contributed by atoms with Crippen LogP contribution < -0.4 is 10.5 Å². The fourth-order valence-electron chi connectivity index (χ4n) is 3.92. The fourth-order valence-corrected chi connectivity index (χ4v) is 3.92. The number of nitrogens with zero attached hydrogens (tertiary/aromatic N) is 2. The first-order valence-corrected chi connectivity index (χ1v) is 9.62. The van der Waals surface area contributed by atoms with Crippen LogP contribution in [0, 0.1) is 30.9 Å². The molecule has 1 aromatic rings. The Balaban J connectivity index is 2.62. The summed E-state index contributed by atoms with van der Waals surface area (Å²) in [6.45, 7) is 12.2. The normalized spacial score (nSPS) is 17.4. The molecule has 1 aliphatic heterocycles. The van der Waals surface area contributed by atoms with Crippen molar-refractivity contribution in [2.75, 3.05) is 0 Å². The van der Waals surface area contributed by atoms with Gasteiger partial charge in [0, 0.05) is 11.7 Å². The molecule has 2 rings (SSSR count). The summed E-state index contributed by atoms with van der Waals surface area (Å²) < 4.78 is 6.35. The van der Waals surface area contributed by atoms with Crippen LogP contribution in [0.5, 0.6) is 5.75 Å². The lowest BCUT2D eigenvalue weighted by Gasteiger charge is -2.41. The molecule has 1 atom stereocenters. The zero-order chi connectivity index (χ0) is 20.3. The Kier molecular flexibility index (Phi) is 6.52. The topological polar surface area (TPSA) is 81.6 Å². The highest BCUT2D eigenvalue weighted by Gasteiger charge is 2.42. The minimum atomic E-state index is -0.843. The van der Waals surface area contributed by atoms with Crippen molar-refractivity contribution in [1.82, 2.24) is 4.90 Å². The monoisotopic (exact) mass is 373 g/mol. The van der Waals surface area contributed by atoms with Crippen molar-refractivity contribution in [3.8, 4) is 5.75 Å². The van der Waals surface area contributed by atoms with Gasteiger partial charge < -0.3 is 15.4 Å². The van der Waals surface area contributed by atoms with Crippen LogP contribution in [0.4, 0.5) is 0 Å². The number of ether oxygens (including phenoxy) is 1. The minimum absolute atomic E-state index is 0.0847. The molecular weight excluding hydrogens is 342 g/mol. The molecule has 0 bridgehead atoms. The molecule has 1 unspecified atom stereocenters. The van der Waals surface area contributed by atoms with Crippen molar-refractivity contribution in [2.45, 2.75) is 73.1 Å². The largest absolute Gasteiger partial charge is 0.459 e. The number of hydrogen-bond acceptors (Lipinski definition) is 5. The lowest BCUT2D eigenvalue weighted by molar-refractivity contribution is -0.441. The number of rotatable bonds is 7. The van der Waals surface area contributed by atoms with Crippen LogP contribution in [0.25, 0.3) is 0 Å². The van der Waals surface area contributed by atoms with Gasteiger partial charge in [-0.05, 0) is 57.2 Å². The van der Waals surface area contributed by atoms with E-state index in [0.717, 1.165) is 41.6 Å². The molecule has 0 saturated carbocycles. The van der Waals surface area contributed by atoms with E-state index in [4.69, 9.17) is 10.5 Å². The summed E-state index contributed by atoms with van der Waals surface area (Å²) in [5.74, 6) is 0.686. The summed E-state index contributed by atoms with van der Waals surface area (Å²) in [5, 5.41) is 11.9. The Bertz CT molecular complexity index is 756. The maximum absolute atomic E-state index is 11.9. The van der Waals surface area contributed by atoms with Crippen molar-refractivity contribution >= 4 is 0 Å². The summed E-state index contributed by atoms with van der Waals surface area (Å²) in [5.41, 5.74) is 10.2. The quantitative estimate of drug-likeness (QED) is 0.559. The summed E-state index contributed by atoms with van der Waals surface area (Å²) in [6, 6.07) is 4.19. The van der Waals surface area contributed by atoms with Gasteiger partial charge in [-0.1, -0.05) is 38.5 Å². The van der Waals surface area contributed by atoms with E-state index in [2.05, 4.69) is 13.8 Å². The molecular formula is C21H31N3O3. The number of hydrogen-bond donors (Lipinski definition) is 1. The molecule has 27 heavy (non-hydrogen) atoms. The van der Waals surface area contributed by atoms with Gasteiger partial charge in [-0.2, -0.15) is 0 Å². The molecule has 0 spiro atoms. The second kappa shape index (κ2) is 8.46. The van der Waals surface area contributed by atoms with Gasteiger partial charge in [0.25, 0.3) is 6.23 Å². The third-order valence-electron chi connectivity index (χ3n) is 5.17. The van der Waals surface area contributed by atoms with Crippen LogP contribution in [0.2, 0.25) is 0 Å². The van der Waals surface area contributed by atoms with E-state index in [1.54, 1.807) is 6.08 Å². The maximum atomic E-state index is 11.9. The standard InChI is InChI=1S/C21H31N3O3/c1-7-16(8-2)23-17(9-3)12-18(22)19(24(25)26)21(23)27-20-14(5)10-13(4)11-15(20)6/h10-12,16,21H,7-9,22H2,1-6H3. The molecule has 0 aromatic heterocycles. The number of nitro groups is 1. The van der Waals surface area contributed by atoms with Crippen LogP contribution in [-0.4, -0.2) is 22.1 Å². The summed E-state index contributed by atoms with van der Waals surface area (Å²) in [7, 11) is 0. The first-order chi connectivity index (χ1) is 12.7. The Labute approximate surface area is 161 Å². The first-order valence-electron chi connectivity index (χ1n) is 9.62. The van der Waals surface area contributed by atoms with Gasteiger partial charge in [-0.25, -0.2) is 0 Å². The first kappa shape index (κ1) is 20.8. The van der Waals surface area contributed by atoms with Crippen molar-refractivity contribution in [1.29, 1.82) is 0 Å². The highest BCUT2D eigenvalue weighted by atomic mass is 16.6. The average molecular weight is 373 g/mol. The molecule has 1 aromatic carbocycles. The van der Waals surface area contributed by atoms with Crippen molar-refractivity contribution < 1.29 is 9.66 Å². The third-order valence-corrected chi connectivity index (χ3v) is 5.17. The summed E-state index contributed by atoms with van der Waals surface area (Å²) >= 11 is 0. The molecule has 0 fully saturated rings. The van der Waals surface area contributed by atoms with Crippen molar-refractivity contribution in [2.24, 2.45) is 5.73 Å². The Hall–Kier alpha value is -2.50. The lowest BCUT2D eigenvalue weighted by atomic mass is 10.0. The predicted molar refractivity (Wildman–Crippen MR) is 108 cm³/mol. The van der Waals surface area contributed by atoms with E-state index in [1.165, 1.54) is 0 Å². The molecule has 1 aliphatic rings. The molecule has 0 amide bonds. The SMILES string of the molecule is CCC1=CC(N)=C([N+](=O)[O-])C(Oc2c(C)cc(C)cc2C)N1C(CC)CC. The van der Waals surface area contributed by atoms with Gasteiger partial charge in [0.15, 0.2) is 0 Å². The van der Waals surface area contributed by atoms with E-state index in [-0.39, 0.29) is 17.4 Å². The van der Waals surface area contributed by atoms with E-state index in [9.17, 15) is 10.1 Å². The molecule has 6 heteroatoms. The van der Waals surface area contributed by atoms with Gasteiger partial charge in [-0.3, -0.25) is 10.1 Å². The van der Waals surface area contributed by atoms with Gasteiger partial charge in [0.2, 0.25) is 0 Å². The van der Waals surface area contributed by atoms with Gasteiger partial charge in [0.1, 0.15) is 11.4 Å². The van der Waals surface area contributed by atoms with Crippen LogP contribution in [0.3, 0.4) is 0 Å². The molecule has 2 N–H and O–H groups in total. The maximum Gasteiger partial charge on any atom is 0.330 e. The van der Waals surface area contributed by atoms with Crippen molar-refractivity contribution in [3.63, 3.8) is 0 Å². The number of allylic oxidation sites excluding steroid dienone is 2. The van der Waals surface area contributed by atoms with E-state index in [1.807, 2.05) is 44.7 Å². The Morgan fingerprint density at radius 1 is 1.19 bits per heavy atom.